The van der Waals surface area contributed by atoms with E-state index in [0.29, 0.717) is 12.0 Å². The molecule has 0 amide bonds. The first-order valence-corrected chi connectivity index (χ1v) is 4.04. The van der Waals surface area contributed by atoms with Crippen molar-refractivity contribution in [2.75, 3.05) is 0 Å². The van der Waals surface area contributed by atoms with E-state index in [1.807, 2.05) is 20.8 Å². The van der Waals surface area contributed by atoms with Crippen LogP contribution in [0.25, 0.3) is 0 Å². The molecule has 0 aliphatic rings. The summed E-state index contributed by atoms with van der Waals surface area (Å²) >= 11 is 0. The smallest absolute Gasteiger partial charge is 0.229 e. The van der Waals surface area contributed by atoms with Crippen LogP contribution in [0.4, 0.5) is 0 Å². The molecule has 0 aliphatic heterocycles. The van der Waals surface area contributed by atoms with Gasteiger partial charge in [-0.05, 0) is 6.42 Å². The minimum absolute atomic E-state index is 0.320. The van der Waals surface area contributed by atoms with Crippen LogP contribution < -0.4 is 5.43 Å². The Kier molecular flexibility index (Phi) is 4.84. The van der Waals surface area contributed by atoms with Crippen LogP contribution in [0.15, 0.2) is 21.7 Å². The maximum absolute atomic E-state index is 10.9. The van der Waals surface area contributed by atoms with Gasteiger partial charge >= 0.3 is 0 Å². The van der Waals surface area contributed by atoms with Gasteiger partial charge in [-0.1, -0.05) is 20.8 Å². The second-order valence-electron chi connectivity index (χ2n) is 1.96. The monoisotopic (exact) mass is 170 g/mol. The number of rotatable bonds is 1. The third-order valence-corrected chi connectivity index (χ3v) is 1.30. The first-order chi connectivity index (χ1) is 5.75. The number of aryl methyl sites for hydroxylation is 1. The molecule has 68 valence electrons. The molecule has 0 fully saturated rings. The molecule has 1 N–H and O–H groups in total. The average Bonchev–Trinajstić information content (AvgIpc) is 2.13. The van der Waals surface area contributed by atoms with Gasteiger partial charge in [0.25, 0.3) is 0 Å². The van der Waals surface area contributed by atoms with Gasteiger partial charge in [-0.25, -0.2) is 0 Å². The van der Waals surface area contributed by atoms with Gasteiger partial charge in [0.05, 0.1) is 6.26 Å². The Labute approximate surface area is 71.7 Å². The lowest BCUT2D eigenvalue weighted by Crippen LogP contribution is -2.05. The zero-order valence-corrected chi connectivity index (χ0v) is 7.63. The van der Waals surface area contributed by atoms with Gasteiger partial charge in [0.1, 0.15) is 6.26 Å². The molecule has 0 aliphatic carbocycles. The maximum Gasteiger partial charge on any atom is 0.229 e. The van der Waals surface area contributed by atoms with Crippen LogP contribution in [-0.2, 0) is 6.42 Å². The van der Waals surface area contributed by atoms with Crippen molar-refractivity contribution < 1.29 is 9.52 Å². The standard InChI is InChI=1S/C7H8O3.C2H6/c1-2-5-3-10-4-6(8)7(5)9;1-2/h3-4,8H,2H2,1H3;1-2H3. The lowest BCUT2D eigenvalue weighted by Gasteiger charge is -1.92. The molecule has 0 radical (unpaired) electrons. The fraction of sp³-hybridized carbons (Fsp3) is 0.444. The molecule has 1 heterocycles. The third kappa shape index (κ3) is 2.42. The number of hydrogen-bond acceptors (Lipinski definition) is 3. The molecule has 1 aromatic heterocycles. The Balaban J connectivity index is 0.000000561. The van der Waals surface area contributed by atoms with E-state index in [1.165, 1.54) is 6.26 Å². The van der Waals surface area contributed by atoms with E-state index in [9.17, 15) is 4.79 Å². The van der Waals surface area contributed by atoms with Crippen LogP contribution in [0.5, 0.6) is 5.75 Å². The van der Waals surface area contributed by atoms with Gasteiger partial charge in [-0.2, -0.15) is 0 Å². The Morgan fingerprint density at radius 3 is 2.42 bits per heavy atom. The van der Waals surface area contributed by atoms with E-state index >= 15 is 0 Å². The highest BCUT2D eigenvalue weighted by Gasteiger charge is 2.01. The van der Waals surface area contributed by atoms with Crippen LogP contribution >= 0.6 is 0 Å². The zero-order valence-electron chi connectivity index (χ0n) is 7.63. The van der Waals surface area contributed by atoms with Crippen molar-refractivity contribution in [1.82, 2.24) is 0 Å². The summed E-state index contributed by atoms with van der Waals surface area (Å²) in [7, 11) is 0. The van der Waals surface area contributed by atoms with Crippen LogP contribution in [0.2, 0.25) is 0 Å². The molecule has 0 bridgehead atoms. The molecule has 3 nitrogen and oxygen atoms in total. The van der Waals surface area contributed by atoms with Crippen molar-refractivity contribution in [3.8, 4) is 5.75 Å². The summed E-state index contributed by atoms with van der Waals surface area (Å²) in [6, 6.07) is 0. The predicted molar refractivity (Wildman–Crippen MR) is 47.4 cm³/mol. The van der Waals surface area contributed by atoms with E-state index in [-0.39, 0.29) is 11.2 Å². The van der Waals surface area contributed by atoms with Crippen molar-refractivity contribution in [1.29, 1.82) is 0 Å². The third-order valence-electron chi connectivity index (χ3n) is 1.30. The molecule has 0 aromatic carbocycles. The largest absolute Gasteiger partial charge is 0.502 e. The molecule has 0 saturated carbocycles. The molecule has 12 heavy (non-hydrogen) atoms. The summed E-state index contributed by atoms with van der Waals surface area (Å²) in [6.07, 6.45) is 2.96. The first kappa shape index (κ1) is 10.8. The van der Waals surface area contributed by atoms with Crippen LogP contribution in [0.3, 0.4) is 0 Å². The van der Waals surface area contributed by atoms with Crippen LogP contribution in [-0.4, -0.2) is 5.11 Å². The molecule has 0 atom stereocenters. The van der Waals surface area contributed by atoms with Crippen LogP contribution in [0, 0.1) is 0 Å². The fourth-order valence-corrected chi connectivity index (χ4v) is 0.696. The minimum Gasteiger partial charge on any atom is -0.502 e. The number of aromatic hydroxyl groups is 1. The quantitative estimate of drug-likeness (QED) is 0.700. The Bertz CT molecular complexity index is 275. The van der Waals surface area contributed by atoms with Crippen LogP contribution in [0.1, 0.15) is 26.3 Å². The van der Waals surface area contributed by atoms with E-state index in [0.717, 1.165) is 6.26 Å². The lowest BCUT2D eigenvalue weighted by atomic mass is 10.2. The molecular formula is C9H14O3. The highest BCUT2D eigenvalue weighted by atomic mass is 16.3. The van der Waals surface area contributed by atoms with Crippen molar-refractivity contribution in [2.24, 2.45) is 0 Å². The predicted octanol–water partition coefficient (Wildman–Crippen LogP) is 1.93. The topological polar surface area (TPSA) is 50.4 Å². The van der Waals surface area contributed by atoms with E-state index in [2.05, 4.69) is 4.42 Å². The second kappa shape index (κ2) is 5.41. The Morgan fingerprint density at radius 1 is 1.42 bits per heavy atom. The average molecular weight is 170 g/mol. The van der Waals surface area contributed by atoms with Gasteiger partial charge in [0.2, 0.25) is 5.43 Å². The number of hydrogen-bond donors (Lipinski definition) is 1. The fourth-order valence-electron chi connectivity index (χ4n) is 0.696. The minimum atomic E-state index is -0.339. The van der Waals surface area contributed by atoms with E-state index < -0.39 is 0 Å². The molecule has 1 aromatic rings. The summed E-state index contributed by atoms with van der Waals surface area (Å²) < 4.78 is 4.66. The van der Waals surface area contributed by atoms with E-state index in [4.69, 9.17) is 5.11 Å². The zero-order chi connectivity index (χ0) is 9.56. The highest BCUT2D eigenvalue weighted by Crippen LogP contribution is 2.01. The Hall–Kier alpha value is -1.25. The SMILES string of the molecule is CC.CCc1cocc(O)c1=O. The summed E-state index contributed by atoms with van der Waals surface area (Å²) in [5, 5.41) is 8.82. The summed E-state index contributed by atoms with van der Waals surface area (Å²) in [4.78, 5) is 10.9. The molecular weight excluding hydrogens is 156 g/mol. The Morgan fingerprint density at radius 2 is 2.00 bits per heavy atom. The first-order valence-electron chi connectivity index (χ1n) is 4.04. The van der Waals surface area contributed by atoms with Crippen molar-refractivity contribution in [3.63, 3.8) is 0 Å². The summed E-state index contributed by atoms with van der Waals surface area (Å²) in [6.45, 7) is 5.83. The van der Waals surface area contributed by atoms with E-state index in [1.54, 1.807) is 0 Å². The molecule has 3 heteroatoms. The van der Waals surface area contributed by atoms with Gasteiger partial charge in [0, 0.05) is 5.56 Å². The van der Waals surface area contributed by atoms with Gasteiger partial charge in [-0.15, -0.1) is 0 Å². The molecule has 1 rings (SSSR count). The van der Waals surface area contributed by atoms with Gasteiger partial charge in [0.15, 0.2) is 5.75 Å². The molecule has 0 saturated heterocycles. The summed E-state index contributed by atoms with van der Waals surface area (Å²) in [5.74, 6) is -0.320. The summed E-state index contributed by atoms with van der Waals surface area (Å²) in [5.41, 5.74) is 0.161. The second-order valence-corrected chi connectivity index (χ2v) is 1.96. The van der Waals surface area contributed by atoms with Gasteiger partial charge < -0.3 is 9.52 Å². The maximum atomic E-state index is 10.9. The van der Waals surface area contributed by atoms with Gasteiger partial charge in [-0.3, -0.25) is 4.79 Å². The molecule has 0 unspecified atom stereocenters. The highest BCUT2D eigenvalue weighted by molar-refractivity contribution is 5.20. The van der Waals surface area contributed by atoms with Crippen molar-refractivity contribution in [2.45, 2.75) is 27.2 Å². The normalized spacial score (nSPS) is 8.58. The van der Waals surface area contributed by atoms with Crippen molar-refractivity contribution >= 4 is 0 Å². The lowest BCUT2D eigenvalue weighted by molar-refractivity contribution is 0.426. The van der Waals surface area contributed by atoms with Crippen molar-refractivity contribution in [3.05, 3.63) is 28.3 Å². The molecule has 0 spiro atoms.